The second kappa shape index (κ2) is 4.12. The van der Waals surface area contributed by atoms with Crippen LogP contribution in [-0.2, 0) is 0 Å². The van der Waals surface area contributed by atoms with Crippen LogP contribution in [0.1, 0.15) is 10.5 Å². The van der Waals surface area contributed by atoms with Gasteiger partial charge in [-0.1, -0.05) is 5.92 Å². The number of amides is 1. The summed E-state index contributed by atoms with van der Waals surface area (Å²) in [5.41, 5.74) is 6.00. The highest BCUT2D eigenvalue weighted by Gasteiger charge is 2.01. The minimum absolute atomic E-state index is 0.224. The van der Waals surface area contributed by atoms with E-state index in [0.29, 0.717) is 6.54 Å². The Bertz CT molecular complexity index is 354. The highest BCUT2D eigenvalue weighted by atomic mass is 16.1. The first-order valence-corrected chi connectivity index (χ1v) is 3.67. The molecule has 66 valence electrons. The van der Waals surface area contributed by atoms with Gasteiger partial charge in [-0.3, -0.25) is 9.78 Å². The van der Waals surface area contributed by atoms with Crippen molar-refractivity contribution in [2.75, 3.05) is 11.9 Å². The molecule has 0 saturated carbocycles. The number of pyridine rings is 1. The Kier molecular flexibility index (Phi) is 2.87. The van der Waals surface area contributed by atoms with Crippen LogP contribution in [0.3, 0.4) is 0 Å². The second-order valence-corrected chi connectivity index (χ2v) is 2.35. The Labute approximate surface area is 76.2 Å². The number of terminal acetylenes is 1. The maximum atomic E-state index is 10.7. The summed E-state index contributed by atoms with van der Waals surface area (Å²) < 4.78 is 0. The van der Waals surface area contributed by atoms with E-state index in [2.05, 4.69) is 16.2 Å². The lowest BCUT2D eigenvalue weighted by molar-refractivity contribution is 0.0995. The summed E-state index contributed by atoms with van der Waals surface area (Å²) >= 11 is 0. The molecule has 0 aromatic carbocycles. The number of hydrogen-bond acceptors (Lipinski definition) is 3. The number of carbonyl (C=O) groups excluding carboxylic acids is 1. The number of nitrogens with two attached hydrogens (primary N) is 1. The van der Waals surface area contributed by atoms with E-state index in [9.17, 15) is 4.79 Å². The average Bonchev–Trinajstić information content (AvgIpc) is 2.15. The second-order valence-electron chi connectivity index (χ2n) is 2.35. The lowest BCUT2D eigenvalue weighted by Gasteiger charge is -2.02. The molecule has 0 aliphatic carbocycles. The van der Waals surface area contributed by atoms with Gasteiger partial charge in [0.2, 0.25) is 0 Å². The summed E-state index contributed by atoms with van der Waals surface area (Å²) in [4.78, 5) is 14.5. The zero-order valence-corrected chi connectivity index (χ0v) is 6.95. The molecule has 0 unspecified atom stereocenters. The van der Waals surface area contributed by atoms with Gasteiger partial charge in [0, 0.05) is 11.9 Å². The molecule has 4 nitrogen and oxygen atoms in total. The Hall–Kier alpha value is -2.02. The zero-order chi connectivity index (χ0) is 9.68. The fraction of sp³-hybridized carbons (Fsp3) is 0.111. The van der Waals surface area contributed by atoms with E-state index < -0.39 is 5.91 Å². The Morgan fingerprint density at radius 2 is 2.54 bits per heavy atom. The predicted molar refractivity (Wildman–Crippen MR) is 50.1 cm³/mol. The van der Waals surface area contributed by atoms with Crippen molar-refractivity contribution in [3.63, 3.8) is 0 Å². The fourth-order valence-corrected chi connectivity index (χ4v) is 0.828. The van der Waals surface area contributed by atoms with Crippen LogP contribution in [0.2, 0.25) is 0 Å². The van der Waals surface area contributed by atoms with Crippen LogP contribution in [0.25, 0.3) is 0 Å². The topological polar surface area (TPSA) is 68.0 Å². The van der Waals surface area contributed by atoms with E-state index in [1.165, 1.54) is 6.20 Å². The van der Waals surface area contributed by atoms with Crippen molar-refractivity contribution >= 4 is 11.6 Å². The highest BCUT2D eigenvalue weighted by Crippen LogP contribution is 2.06. The number of hydrogen-bond donors (Lipinski definition) is 2. The van der Waals surface area contributed by atoms with Crippen LogP contribution in [0, 0.1) is 12.3 Å². The molecule has 0 aliphatic heterocycles. The molecule has 1 heterocycles. The number of nitrogens with one attached hydrogen (secondary N) is 1. The summed E-state index contributed by atoms with van der Waals surface area (Å²) in [6.07, 6.45) is 6.55. The number of anilines is 1. The average molecular weight is 175 g/mol. The van der Waals surface area contributed by atoms with E-state index in [0.717, 1.165) is 5.69 Å². The van der Waals surface area contributed by atoms with Crippen LogP contribution in [0.5, 0.6) is 0 Å². The quantitative estimate of drug-likeness (QED) is 0.646. The molecule has 0 fully saturated rings. The lowest BCUT2D eigenvalue weighted by Crippen LogP contribution is -2.13. The third kappa shape index (κ3) is 2.49. The number of aromatic nitrogens is 1. The van der Waals surface area contributed by atoms with E-state index >= 15 is 0 Å². The summed E-state index contributed by atoms with van der Waals surface area (Å²) in [6.45, 7) is 0.405. The molecule has 0 bridgehead atoms. The molecule has 1 aromatic heterocycles. The van der Waals surface area contributed by atoms with Crippen LogP contribution >= 0.6 is 0 Å². The molecule has 3 N–H and O–H groups in total. The molecule has 1 aromatic rings. The van der Waals surface area contributed by atoms with E-state index in [4.69, 9.17) is 12.2 Å². The first-order valence-electron chi connectivity index (χ1n) is 3.67. The van der Waals surface area contributed by atoms with Gasteiger partial charge < -0.3 is 11.1 Å². The lowest BCUT2D eigenvalue weighted by atomic mass is 10.3. The molecular weight excluding hydrogens is 166 g/mol. The molecule has 0 aliphatic rings. The maximum absolute atomic E-state index is 10.7. The predicted octanol–water partition coefficient (Wildman–Crippen LogP) is 0.226. The third-order valence-electron chi connectivity index (χ3n) is 1.41. The van der Waals surface area contributed by atoms with E-state index in [1.807, 2.05) is 0 Å². The van der Waals surface area contributed by atoms with Gasteiger partial charge in [0.15, 0.2) is 0 Å². The number of carbonyl (C=O) groups is 1. The van der Waals surface area contributed by atoms with Crippen molar-refractivity contribution in [3.8, 4) is 12.3 Å². The zero-order valence-electron chi connectivity index (χ0n) is 6.95. The van der Waals surface area contributed by atoms with Gasteiger partial charge in [0.05, 0.1) is 6.54 Å². The molecule has 0 spiro atoms. The molecule has 0 saturated heterocycles. The molecular formula is C9H9N3O. The molecule has 4 heteroatoms. The van der Waals surface area contributed by atoms with Crippen molar-refractivity contribution in [1.82, 2.24) is 4.98 Å². The fourth-order valence-electron chi connectivity index (χ4n) is 0.828. The summed E-state index contributed by atoms with van der Waals surface area (Å²) in [7, 11) is 0. The van der Waals surface area contributed by atoms with Gasteiger partial charge in [-0.15, -0.1) is 6.42 Å². The van der Waals surface area contributed by atoms with Crippen molar-refractivity contribution in [3.05, 3.63) is 24.0 Å². The van der Waals surface area contributed by atoms with Crippen molar-refractivity contribution < 1.29 is 4.79 Å². The van der Waals surface area contributed by atoms with Crippen LogP contribution in [0.4, 0.5) is 5.69 Å². The maximum Gasteiger partial charge on any atom is 0.267 e. The number of nitrogens with zero attached hydrogens (tertiary/aromatic N) is 1. The standard InChI is InChI=1S/C9H9N3O/c1-2-4-11-7-3-5-12-8(6-7)9(10)13/h1,3,5-6H,4H2,(H2,10,13)(H,11,12). The van der Waals surface area contributed by atoms with Gasteiger partial charge >= 0.3 is 0 Å². The smallest absolute Gasteiger partial charge is 0.267 e. The number of primary amides is 1. The molecule has 1 rings (SSSR count). The number of rotatable bonds is 3. The van der Waals surface area contributed by atoms with Crippen molar-refractivity contribution in [1.29, 1.82) is 0 Å². The van der Waals surface area contributed by atoms with Crippen LogP contribution < -0.4 is 11.1 Å². The van der Waals surface area contributed by atoms with Crippen molar-refractivity contribution in [2.45, 2.75) is 0 Å². The largest absolute Gasteiger partial charge is 0.374 e. The Morgan fingerprint density at radius 1 is 1.77 bits per heavy atom. The summed E-state index contributed by atoms with van der Waals surface area (Å²) in [5, 5.41) is 2.91. The van der Waals surface area contributed by atoms with Gasteiger partial charge in [0.25, 0.3) is 5.91 Å². The first-order chi connectivity index (χ1) is 6.24. The van der Waals surface area contributed by atoms with Crippen LogP contribution in [-0.4, -0.2) is 17.4 Å². The van der Waals surface area contributed by atoms with Gasteiger partial charge in [-0.05, 0) is 12.1 Å². The van der Waals surface area contributed by atoms with Gasteiger partial charge in [-0.25, -0.2) is 0 Å². The minimum atomic E-state index is -0.552. The molecule has 0 atom stereocenters. The SMILES string of the molecule is C#CCNc1ccnc(C(N)=O)c1. The van der Waals surface area contributed by atoms with Gasteiger partial charge in [-0.2, -0.15) is 0 Å². The minimum Gasteiger partial charge on any atom is -0.374 e. The highest BCUT2D eigenvalue weighted by molar-refractivity contribution is 5.91. The Balaban J connectivity index is 2.80. The first kappa shape index (κ1) is 9.07. The van der Waals surface area contributed by atoms with Crippen LogP contribution in [0.15, 0.2) is 18.3 Å². The monoisotopic (exact) mass is 175 g/mol. The molecule has 0 radical (unpaired) electrons. The third-order valence-corrected chi connectivity index (χ3v) is 1.41. The Morgan fingerprint density at radius 3 is 3.15 bits per heavy atom. The normalized spacial score (nSPS) is 8.85. The summed E-state index contributed by atoms with van der Waals surface area (Å²) in [6, 6.07) is 3.27. The van der Waals surface area contributed by atoms with Gasteiger partial charge in [0.1, 0.15) is 5.69 Å². The molecule has 1 amide bonds. The van der Waals surface area contributed by atoms with Crippen molar-refractivity contribution in [2.24, 2.45) is 5.73 Å². The van der Waals surface area contributed by atoms with E-state index in [-0.39, 0.29) is 5.69 Å². The molecule has 13 heavy (non-hydrogen) atoms. The van der Waals surface area contributed by atoms with E-state index in [1.54, 1.807) is 12.1 Å². The summed E-state index contributed by atoms with van der Waals surface area (Å²) in [5.74, 6) is 1.87.